The van der Waals surface area contributed by atoms with Gasteiger partial charge in [-0.1, -0.05) is 71.8 Å². The maximum atomic E-state index is 10.4. The fourth-order valence-electron chi connectivity index (χ4n) is 3.46. The van der Waals surface area contributed by atoms with Crippen molar-refractivity contribution in [1.82, 2.24) is 5.32 Å². The van der Waals surface area contributed by atoms with Gasteiger partial charge in [0.1, 0.15) is 11.9 Å². The topological polar surface area (TPSA) is 44.6 Å². The van der Waals surface area contributed by atoms with Crippen LogP contribution in [0, 0.1) is 6.92 Å². The third-order valence-corrected chi connectivity index (χ3v) is 5.14. The summed E-state index contributed by atoms with van der Waals surface area (Å²) >= 11 is 6.20. The van der Waals surface area contributed by atoms with Crippen LogP contribution >= 0.6 is 11.6 Å². The number of nitrogens with one attached hydrogen (secondary N) is 1. The van der Waals surface area contributed by atoms with Crippen LogP contribution in [0.1, 0.15) is 40.9 Å². The maximum Gasteiger partial charge on any atom is 0.126 e. The molecule has 1 aliphatic heterocycles. The molecule has 0 bridgehead atoms. The minimum atomic E-state index is -0.224. The summed E-state index contributed by atoms with van der Waals surface area (Å²) in [6.45, 7) is 2.08. The molecule has 0 spiro atoms. The highest BCUT2D eigenvalue weighted by Gasteiger charge is 2.27. The molecule has 3 aromatic rings. The normalized spacial score (nSPS) is 19.6. The van der Waals surface area contributed by atoms with Crippen LogP contribution in [0.15, 0.2) is 77.8 Å². The summed E-state index contributed by atoms with van der Waals surface area (Å²) in [4.78, 5) is 4.96. The SMILES string of the molecule is Cc1ccc(C2=N[C@H](c3cccc(Cl)c3)N[C@@H](c3ccccc3O)C2)cc1. The molecule has 4 heteroatoms. The van der Waals surface area contributed by atoms with Crippen LogP contribution in [0.4, 0.5) is 0 Å². The Morgan fingerprint density at radius 2 is 1.78 bits per heavy atom. The van der Waals surface area contributed by atoms with E-state index in [4.69, 9.17) is 16.6 Å². The van der Waals surface area contributed by atoms with Crippen LogP contribution in [-0.2, 0) is 0 Å². The lowest BCUT2D eigenvalue weighted by atomic mass is 9.93. The number of hydrogen-bond acceptors (Lipinski definition) is 3. The Balaban J connectivity index is 1.76. The van der Waals surface area contributed by atoms with E-state index in [-0.39, 0.29) is 12.2 Å². The third kappa shape index (κ3) is 3.90. The number of aliphatic imine (C=N–C) groups is 1. The van der Waals surface area contributed by atoms with Crippen LogP contribution in [0.5, 0.6) is 5.75 Å². The Morgan fingerprint density at radius 3 is 2.52 bits per heavy atom. The lowest BCUT2D eigenvalue weighted by molar-refractivity contribution is 0.413. The molecule has 2 N–H and O–H groups in total. The molecule has 3 nitrogen and oxygen atoms in total. The van der Waals surface area contributed by atoms with Crippen molar-refractivity contribution in [2.45, 2.75) is 25.6 Å². The first kappa shape index (κ1) is 17.8. The highest BCUT2D eigenvalue weighted by molar-refractivity contribution is 6.30. The van der Waals surface area contributed by atoms with Crippen LogP contribution in [0.3, 0.4) is 0 Å². The lowest BCUT2D eigenvalue weighted by Crippen LogP contribution is -2.33. The van der Waals surface area contributed by atoms with Gasteiger partial charge in [-0.2, -0.15) is 0 Å². The number of rotatable bonds is 3. The maximum absolute atomic E-state index is 10.4. The number of phenols is 1. The van der Waals surface area contributed by atoms with E-state index in [1.807, 2.05) is 42.5 Å². The molecular weight excluding hydrogens is 356 g/mol. The molecule has 0 radical (unpaired) electrons. The summed E-state index contributed by atoms with van der Waals surface area (Å²) < 4.78 is 0. The minimum Gasteiger partial charge on any atom is -0.508 e. The van der Waals surface area contributed by atoms with Gasteiger partial charge in [-0.05, 0) is 36.2 Å². The molecule has 0 unspecified atom stereocenters. The zero-order valence-corrected chi connectivity index (χ0v) is 15.8. The second-order valence-corrected chi connectivity index (χ2v) is 7.32. The number of para-hydroxylation sites is 1. The summed E-state index contributed by atoms with van der Waals surface area (Å²) in [6, 6.07) is 23.6. The van der Waals surface area contributed by atoms with E-state index < -0.39 is 0 Å². The Kier molecular flexibility index (Phi) is 4.97. The average molecular weight is 377 g/mol. The van der Waals surface area contributed by atoms with Gasteiger partial charge in [0.05, 0.1) is 0 Å². The Morgan fingerprint density at radius 1 is 1.00 bits per heavy atom. The molecule has 4 rings (SSSR count). The van der Waals surface area contributed by atoms with E-state index in [0.717, 1.165) is 22.4 Å². The molecule has 0 saturated heterocycles. The monoisotopic (exact) mass is 376 g/mol. The average Bonchev–Trinajstić information content (AvgIpc) is 2.68. The minimum absolute atomic E-state index is 0.0380. The quantitative estimate of drug-likeness (QED) is 0.627. The van der Waals surface area contributed by atoms with Crippen LogP contribution in [-0.4, -0.2) is 10.8 Å². The molecule has 0 fully saturated rings. The third-order valence-electron chi connectivity index (χ3n) is 4.90. The Bertz CT molecular complexity index is 982. The lowest BCUT2D eigenvalue weighted by Gasteiger charge is -2.31. The molecule has 2 atom stereocenters. The van der Waals surface area contributed by atoms with Crippen LogP contribution in [0.2, 0.25) is 5.02 Å². The summed E-state index contributed by atoms with van der Waals surface area (Å²) in [5, 5.41) is 14.6. The Hall–Kier alpha value is -2.62. The number of aromatic hydroxyl groups is 1. The van der Waals surface area contributed by atoms with Crippen molar-refractivity contribution in [3.63, 3.8) is 0 Å². The van der Waals surface area contributed by atoms with Crippen molar-refractivity contribution in [3.05, 3.63) is 100 Å². The summed E-state index contributed by atoms with van der Waals surface area (Å²) in [6.07, 6.45) is 0.482. The molecular formula is C23H21ClN2O. The second kappa shape index (κ2) is 7.55. The molecule has 3 aromatic carbocycles. The van der Waals surface area contributed by atoms with Gasteiger partial charge in [0.25, 0.3) is 0 Å². The molecule has 27 heavy (non-hydrogen) atoms. The van der Waals surface area contributed by atoms with Crippen molar-refractivity contribution in [2.24, 2.45) is 4.99 Å². The fourth-order valence-corrected chi connectivity index (χ4v) is 3.66. The van der Waals surface area contributed by atoms with E-state index in [0.29, 0.717) is 17.2 Å². The predicted octanol–water partition coefficient (Wildman–Crippen LogP) is 5.58. The van der Waals surface area contributed by atoms with Gasteiger partial charge in [-0.15, -0.1) is 0 Å². The van der Waals surface area contributed by atoms with E-state index in [1.54, 1.807) is 6.07 Å². The predicted molar refractivity (Wildman–Crippen MR) is 111 cm³/mol. The number of nitrogens with zero attached hydrogens (tertiary/aromatic N) is 1. The van der Waals surface area contributed by atoms with Gasteiger partial charge >= 0.3 is 0 Å². The van der Waals surface area contributed by atoms with Gasteiger partial charge in [0.15, 0.2) is 0 Å². The van der Waals surface area contributed by atoms with Gasteiger partial charge in [-0.25, -0.2) is 0 Å². The molecule has 1 aliphatic rings. The van der Waals surface area contributed by atoms with Crippen molar-refractivity contribution >= 4 is 17.3 Å². The first-order valence-corrected chi connectivity index (χ1v) is 9.41. The van der Waals surface area contributed by atoms with Gasteiger partial charge in [0, 0.05) is 28.8 Å². The number of benzene rings is 3. The van der Waals surface area contributed by atoms with Gasteiger partial charge in [-0.3, -0.25) is 10.3 Å². The zero-order chi connectivity index (χ0) is 18.8. The number of halogens is 1. The smallest absolute Gasteiger partial charge is 0.126 e. The van der Waals surface area contributed by atoms with Crippen molar-refractivity contribution in [2.75, 3.05) is 0 Å². The van der Waals surface area contributed by atoms with E-state index in [2.05, 4.69) is 36.5 Å². The van der Waals surface area contributed by atoms with Crippen molar-refractivity contribution in [3.8, 4) is 5.75 Å². The largest absolute Gasteiger partial charge is 0.508 e. The van der Waals surface area contributed by atoms with Crippen LogP contribution < -0.4 is 5.32 Å². The molecule has 136 valence electrons. The van der Waals surface area contributed by atoms with Crippen molar-refractivity contribution < 1.29 is 5.11 Å². The summed E-state index contributed by atoms with van der Waals surface area (Å²) in [7, 11) is 0. The highest BCUT2D eigenvalue weighted by atomic mass is 35.5. The zero-order valence-electron chi connectivity index (χ0n) is 15.1. The van der Waals surface area contributed by atoms with Gasteiger partial charge in [0.2, 0.25) is 0 Å². The molecule has 1 heterocycles. The molecule has 0 amide bonds. The van der Waals surface area contributed by atoms with E-state index in [1.165, 1.54) is 5.56 Å². The Labute approximate surface area is 164 Å². The fraction of sp³-hybridized carbons (Fsp3) is 0.174. The summed E-state index contributed by atoms with van der Waals surface area (Å²) in [5.41, 5.74) is 5.23. The number of aryl methyl sites for hydroxylation is 1. The molecule has 0 saturated carbocycles. The first-order valence-electron chi connectivity index (χ1n) is 9.03. The van der Waals surface area contributed by atoms with E-state index >= 15 is 0 Å². The molecule has 0 aliphatic carbocycles. The number of phenolic OH excluding ortho intramolecular Hbond substituents is 1. The highest BCUT2D eigenvalue weighted by Crippen LogP contribution is 2.34. The first-order chi connectivity index (χ1) is 13.1. The van der Waals surface area contributed by atoms with Crippen LogP contribution in [0.25, 0.3) is 0 Å². The standard InChI is InChI=1S/C23H21ClN2O/c1-15-9-11-16(12-10-15)20-14-21(19-7-2-3-8-22(19)27)26-23(25-20)17-5-4-6-18(24)13-17/h2-13,21,23,26-27H,14H2,1H3/t21-,23+/m1/s1. The van der Waals surface area contributed by atoms with Crippen molar-refractivity contribution in [1.29, 1.82) is 0 Å². The summed E-state index contributed by atoms with van der Waals surface area (Å²) in [5.74, 6) is 0.296. The van der Waals surface area contributed by atoms with E-state index in [9.17, 15) is 5.11 Å². The second-order valence-electron chi connectivity index (χ2n) is 6.88. The molecule has 0 aromatic heterocycles. The number of hydrogen-bond donors (Lipinski definition) is 2. The van der Waals surface area contributed by atoms with Gasteiger partial charge < -0.3 is 5.11 Å².